The van der Waals surface area contributed by atoms with Crippen molar-refractivity contribution in [2.45, 2.75) is 25.7 Å². The van der Waals surface area contributed by atoms with Gasteiger partial charge in [-0.3, -0.25) is 0 Å². The van der Waals surface area contributed by atoms with Crippen LogP contribution in [0.5, 0.6) is 11.5 Å². The van der Waals surface area contributed by atoms with Crippen LogP contribution in [0.2, 0.25) is 5.02 Å². The van der Waals surface area contributed by atoms with Gasteiger partial charge in [-0.25, -0.2) is 18.6 Å². The van der Waals surface area contributed by atoms with Gasteiger partial charge in [0, 0.05) is 11.1 Å². The second-order valence-electron chi connectivity index (χ2n) is 7.31. The zero-order valence-electron chi connectivity index (χ0n) is 17.5. The summed E-state index contributed by atoms with van der Waals surface area (Å²) in [5.41, 5.74) is 2.09. The van der Waals surface area contributed by atoms with Crippen molar-refractivity contribution < 1.29 is 23.0 Å². The van der Waals surface area contributed by atoms with E-state index in [2.05, 4.69) is 11.1 Å². The van der Waals surface area contributed by atoms with E-state index in [1.54, 1.807) is 18.3 Å². The number of carbonyl (C=O) groups excluding carboxylic acids is 1. The van der Waals surface area contributed by atoms with Crippen molar-refractivity contribution in [2.75, 3.05) is 7.11 Å². The standard InChI is InChI=1S/C24H17ClF2N2O3S/c1-31-21-8-13(12-29-23-16(11-28)14-4-2-3-5-22(14)33-23)6-7-20(21)32-24(30)15-9-18(26)19(27)10-17(15)25/h6-10,12H,2-5H2,1H3. The molecule has 1 heterocycles. The summed E-state index contributed by atoms with van der Waals surface area (Å²) in [7, 11) is 1.40. The van der Waals surface area contributed by atoms with Crippen LogP contribution >= 0.6 is 22.9 Å². The number of methoxy groups -OCH3 is 1. The average molecular weight is 487 g/mol. The Labute approximate surface area is 197 Å². The molecular formula is C24H17ClF2N2O3S. The molecule has 0 atom stereocenters. The van der Waals surface area contributed by atoms with Gasteiger partial charge >= 0.3 is 5.97 Å². The highest BCUT2D eigenvalue weighted by molar-refractivity contribution is 7.16. The summed E-state index contributed by atoms with van der Waals surface area (Å²) >= 11 is 7.38. The summed E-state index contributed by atoms with van der Waals surface area (Å²) in [6.45, 7) is 0. The second kappa shape index (κ2) is 9.69. The Morgan fingerprint density at radius 1 is 1.18 bits per heavy atom. The molecule has 0 amide bonds. The largest absolute Gasteiger partial charge is 0.493 e. The Balaban J connectivity index is 1.57. The number of aryl methyl sites for hydroxylation is 1. The van der Waals surface area contributed by atoms with E-state index in [-0.39, 0.29) is 22.1 Å². The van der Waals surface area contributed by atoms with E-state index in [4.69, 9.17) is 21.1 Å². The van der Waals surface area contributed by atoms with E-state index in [0.717, 1.165) is 31.2 Å². The maximum atomic E-state index is 13.5. The second-order valence-corrected chi connectivity index (χ2v) is 8.80. The molecule has 2 aromatic carbocycles. The summed E-state index contributed by atoms with van der Waals surface area (Å²) in [5.74, 6) is -3.02. The fourth-order valence-electron chi connectivity index (χ4n) is 3.57. The van der Waals surface area contributed by atoms with Crippen molar-refractivity contribution in [3.05, 3.63) is 74.1 Å². The van der Waals surface area contributed by atoms with Crippen molar-refractivity contribution >= 4 is 40.1 Å². The lowest BCUT2D eigenvalue weighted by molar-refractivity contribution is 0.0729. The first kappa shape index (κ1) is 22.9. The van der Waals surface area contributed by atoms with Gasteiger partial charge in [-0.05, 0) is 67.1 Å². The van der Waals surface area contributed by atoms with Crippen LogP contribution in [0.3, 0.4) is 0 Å². The van der Waals surface area contributed by atoms with Gasteiger partial charge in [0.1, 0.15) is 11.1 Å². The number of ether oxygens (including phenoxy) is 2. The van der Waals surface area contributed by atoms with Crippen molar-refractivity contribution in [1.82, 2.24) is 0 Å². The highest BCUT2D eigenvalue weighted by Gasteiger charge is 2.21. The molecule has 0 spiro atoms. The molecule has 0 radical (unpaired) electrons. The quantitative estimate of drug-likeness (QED) is 0.181. The van der Waals surface area contributed by atoms with Crippen molar-refractivity contribution in [3.63, 3.8) is 0 Å². The van der Waals surface area contributed by atoms with Gasteiger partial charge in [0.25, 0.3) is 0 Å². The molecular weight excluding hydrogens is 470 g/mol. The maximum Gasteiger partial charge on any atom is 0.345 e. The molecule has 0 bridgehead atoms. The number of nitriles is 1. The summed E-state index contributed by atoms with van der Waals surface area (Å²) < 4.78 is 37.4. The summed E-state index contributed by atoms with van der Waals surface area (Å²) in [6.07, 6.45) is 5.68. The molecule has 4 rings (SSSR count). The number of esters is 1. The minimum Gasteiger partial charge on any atom is -0.493 e. The molecule has 9 heteroatoms. The van der Waals surface area contributed by atoms with Gasteiger partial charge in [-0.1, -0.05) is 11.6 Å². The van der Waals surface area contributed by atoms with E-state index in [9.17, 15) is 18.8 Å². The van der Waals surface area contributed by atoms with E-state index >= 15 is 0 Å². The normalized spacial score (nSPS) is 12.9. The van der Waals surface area contributed by atoms with Crippen molar-refractivity contribution in [1.29, 1.82) is 5.26 Å². The van der Waals surface area contributed by atoms with Gasteiger partial charge in [0.2, 0.25) is 0 Å². The zero-order valence-corrected chi connectivity index (χ0v) is 19.0. The molecule has 0 N–H and O–H groups in total. The lowest BCUT2D eigenvalue weighted by atomic mass is 9.96. The van der Waals surface area contributed by atoms with Gasteiger partial charge in [0.15, 0.2) is 23.1 Å². The third-order valence-corrected chi connectivity index (χ3v) is 6.73. The van der Waals surface area contributed by atoms with Gasteiger partial charge in [-0.15, -0.1) is 11.3 Å². The third kappa shape index (κ3) is 4.75. The number of nitrogens with zero attached hydrogens (tertiary/aromatic N) is 2. The Morgan fingerprint density at radius 2 is 1.94 bits per heavy atom. The lowest BCUT2D eigenvalue weighted by Crippen LogP contribution is -2.11. The lowest BCUT2D eigenvalue weighted by Gasteiger charge is -2.11. The van der Waals surface area contributed by atoms with Crippen LogP contribution in [0.1, 0.15) is 44.8 Å². The van der Waals surface area contributed by atoms with Crippen LogP contribution in [-0.4, -0.2) is 19.3 Å². The molecule has 0 saturated heterocycles. The molecule has 0 aliphatic heterocycles. The number of halogens is 3. The molecule has 33 heavy (non-hydrogen) atoms. The van der Waals surface area contributed by atoms with Crippen LogP contribution in [0.15, 0.2) is 35.3 Å². The molecule has 3 aromatic rings. The molecule has 168 valence electrons. The van der Waals surface area contributed by atoms with Gasteiger partial charge in [-0.2, -0.15) is 5.26 Å². The predicted molar refractivity (Wildman–Crippen MR) is 122 cm³/mol. The maximum absolute atomic E-state index is 13.5. The van der Waals surface area contributed by atoms with E-state index in [0.29, 0.717) is 28.3 Å². The minimum absolute atomic E-state index is 0.0738. The number of aliphatic imine (C=N–C) groups is 1. The Hall–Kier alpha value is -3.28. The molecule has 5 nitrogen and oxygen atoms in total. The highest BCUT2D eigenvalue weighted by atomic mass is 35.5. The minimum atomic E-state index is -1.21. The SMILES string of the molecule is COc1cc(C=Nc2sc3c(c2C#N)CCCC3)ccc1OC(=O)c1cc(F)c(F)cc1Cl. The van der Waals surface area contributed by atoms with Gasteiger partial charge < -0.3 is 9.47 Å². The fraction of sp³-hybridized carbons (Fsp3) is 0.208. The third-order valence-electron chi connectivity index (χ3n) is 5.22. The molecule has 0 unspecified atom stereocenters. The summed E-state index contributed by atoms with van der Waals surface area (Å²) in [5, 5.41) is 9.97. The fourth-order valence-corrected chi connectivity index (χ4v) is 4.98. The molecule has 0 saturated carbocycles. The number of hydrogen-bond donors (Lipinski definition) is 0. The van der Waals surface area contributed by atoms with E-state index in [1.165, 1.54) is 29.4 Å². The Kier molecular flexibility index (Phi) is 6.72. The first-order valence-electron chi connectivity index (χ1n) is 10.0. The number of benzene rings is 2. The monoisotopic (exact) mass is 486 g/mol. The number of hydrogen-bond acceptors (Lipinski definition) is 6. The molecule has 1 aliphatic rings. The first-order chi connectivity index (χ1) is 15.9. The summed E-state index contributed by atoms with van der Waals surface area (Å²) in [4.78, 5) is 18.2. The van der Waals surface area contributed by atoms with E-state index < -0.39 is 17.6 Å². The number of thiophene rings is 1. The van der Waals surface area contributed by atoms with Crippen molar-refractivity contribution in [2.24, 2.45) is 4.99 Å². The van der Waals surface area contributed by atoms with Crippen LogP contribution in [0.4, 0.5) is 13.8 Å². The topological polar surface area (TPSA) is 71.7 Å². The molecule has 0 fully saturated rings. The predicted octanol–water partition coefficient (Wildman–Crippen LogP) is 6.41. The van der Waals surface area contributed by atoms with Crippen LogP contribution in [-0.2, 0) is 12.8 Å². The Bertz CT molecular complexity index is 1310. The number of rotatable bonds is 5. The Morgan fingerprint density at radius 3 is 2.70 bits per heavy atom. The zero-order chi connectivity index (χ0) is 23.5. The number of fused-ring (bicyclic) bond motifs is 1. The van der Waals surface area contributed by atoms with Gasteiger partial charge in [0.05, 0.1) is 23.3 Å². The van der Waals surface area contributed by atoms with Crippen LogP contribution < -0.4 is 9.47 Å². The highest BCUT2D eigenvalue weighted by Crippen LogP contribution is 2.39. The van der Waals surface area contributed by atoms with E-state index in [1.807, 2.05) is 0 Å². The number of carbonyl (C=O) groups is 1. The average Bonchev–Trinajstić information content (AvgIpc) is 3.18. The molecule has 1 aliphatic carbocycles. The van der Waals surface area contributed by atoms with Crippen LogP contribution in [0.25, 0.3) is 0 Å². The van der Waals surface area contributed by atoms with Crippen molar-refractivity contribution in [3.8, 4) is 17.6 Å². The first-order valence-corrected chi connectivity index (χ1v) is 11.2. The van der Waals surface area contributed by atoms with Crippen LogP contribution in [0, 0.1) is 23.0 Å². The smallest absolute Gasteiger partial charge is 0.345 e. The summed E-state index contributed by atoms with van der Waals surface area (Å²) in [6, 6.07) is 8.43. The molecule has 1 aromatic heterocycles.